The van der Waals surface area contributed by atoms with E-state index >= 15 is 0 Å². The Labute approximate surface area is 341 Å². The lowest BCUT2D eigenvalue weighted by atomic mass is 10.0. The average molecular weight is 830 g/mol. The summed E-state index contributed by atoms with van der Waals surface area (Å²) >= 11 is 3.01. The highest BCUT2D eigenvalue weighted by Crippen LogP contribution is 2.61. The van der Waals surface area contributed by atoms with Crippen molar-refractivity contribution in [2.75, 3.05) is 50.7 Å². The first-order valence-corrected chi connectivity index (χ1v) is 20.4. The molecule has 0 bridgehead atoms. The van der Waals surface area contributed by atoms with Crippen molar-refractivity contribution in [3.05, 3.63) is 77.6 Å². The van der Waals surface area contributed by atoms with Crippen LogP contribution in [-0.4, -0.2) is 91.6 Å². The first-order chi connectivity index (χ1) is 29.0. The third kappa shape index (κ3) is 5.75. The number of anilines is 1. The first kappa shape index (κ1) is 34.4. The topological polar surface area (TPSA) is 206 Å². The number of carbonyl (C=O) groups is 1. The molecule has 18 nitrogen and oxygen atoms in total. The Morgan fingerprint density at radius 1 is 0.712 bits per heavy atom. The molecule has 12 rings (SSSR count). The molecule has 0 saturated heterocycles. The normalized spacial score (nSPS) is 20.3. The molecule has 2 atom stereocenters. The van der Waals surface area contributed by atoms with Crippen molar-refractivity contribution in [3.8, 4) is 68.9 Å². The van der Waals surface area contributed by atoms with Crippen molar-refractivity contribution in [2.24, 2.45) is 0 Å². The minimum Gasteiger partial charge on any atom is -0.486 e. The van der Waals surface area contributed by atoms with Gasteiger partial charge in [-0.2, -0.15) is 0 Å². The van der Waals surface area contributed by atoms with Crippen molar-refractivity contribution >= 4 is 35.2 Å². The highest BCUT2D eigenvalue weighted by molar-refractivity contribution is 8.00. The molecule has 294 valence electrons. The number of fused-ring (bicyclic) bond motifs is 6. The van der Waals surface area contributed by atoms with E-state index in [2.05, 4.69) is 30.7 Å². The Kier molecular flexibility index (Phi) is 7.84. The van der Waals surface area contributed by atoms with Crippen LogP contribution in [0.25, 0.3) is 22.6 Å². The second-order valence-electron chi connectivity index (χ2n) is 13.8. The number of nitrogens with one attached hydrogen (secondary N) is 1. The van der Waals surface area contributed by atoms with Crippen LogP contribution in [-0.2, 0) is 16.1 Å². The van der Waals surface area contributed by atoms with Gasteiger partial charge in [-0.15, -0.1) is 32.2 Å². The van der Waals surface area contributed by atoms with E-state index in [1.54, 1.807) is 42.5 Å². The van der Waals surface area contributed by atoms with E-state index in [1.807, 2.05) is 24.3 Å². The lowest BCUT2D eigenvalue weighted by Gasteiger charge is -2.28. The van der Waals surface area contributed by atoms with Gasteiger partial charge in [-0.05, 0) is 24.3 Å². The molecule has 12 heterocycles. The summed E-state index contributed by atoms with van der Waals surface area (Å²) in [6.45, 7) is 2.02. The van der Waals surface area contributed by atoms with Crippen LogP contribution in [0.1, 0.15) is 28.7 Å². The molecule has 1 N–H and O–H groups in total. The van der Waals surface area contributed by atoms with Crippen LogP contribution in [0.4, 0.5) is 5.82 Å². The van der Waals surface area contributed by atoms with Gasteiger partial charge < -0.3 is 43.2 Å². The van der Waals surface area contributed by atoms with Gasteiger partial charge in [-0.3, -0.25) is 14.8 Å². The van der Waals surface area contributed by atoms with Crippen LogP contribution in [0, 0.1) is 0 Å². The molecule has 6 aliphatic heterocycles. The molecule has 0 radical (unpaired) electrons. The van der Waals surface area contributed by atoms with Gasteiger partial charge in [-0.25, -0.2) is 9.97 Å². The Morgan fingerprint density at radius 3 is 2.51 bits per heavy atom. The zero-order valence-electron chi connectivity index (χ0n) is 30.5. The minimum atomic E-state index is -1.45. The van der Waals surface area contributed by atoms with Crippen molar-refractivity contribution in [3.63, 3.8) is 0 Å². The van der Waals surface area contributed by atoms with Crippen molar-refractivity contribution in [1.82, 2.24) is 40.3 Å². The number of hydrogen-bond acceptors (Lipinski definition) is 19. The largest absolute Gasteiger partial charge is 0.486 e. The lowest BCUT2D eigenvalue weighted by molar-refractivity contribution is -0.118. The van der Waals surface area contributed by atoms with Crippen LogP contribution in [0.3, 0.4) is 0 Å². The highest BCUT2D eigenvalue weighted by atomic mass is 32.2. The van der Waals surface area contributed by atoms with Crippen LogP contribution in [0.5, 0.6) is 46.3 Å². The fourth-order valence-corrected chi connectivity index (χ4v) is 9.56. The van der Waals surface area contributed by atoms with Gasteiger partial charge in [0.1, 0.15) is 61.1 Å². The van der Waals surface area contributed by atoms with E-state index in [4.69, 9.17) is 52.8 Å². The Morgan fingerprint density at radius 2 is 1.56 bits per heavy atom. The Bertz CT molecular complexity index is 2670. The predicted molar refractivity (Wildman–Crippen MR) is 206 cm³/mol. The first-order valence-electron chi connectivity index (χ1n) is 18.6. The molecule has 0 aromatic carbocycles. The summed E-state index contributed by atoms with van der Waals surface area (Å²) in [6.07, 6.45) is 5.05. The second-order valence-corrected chi connectivity index (χ2v) is 16.1. The van der Waals surface area contributed by atoms with E-state index in [1.165, 1.54) is 11.8 Å². The van der Waals surface area contributed by atoms with Gasteiger partial charge in [-0.1, -0.05) is 11.8 Å². The third-order valence-electron chi connectivity index (χ3n) is 10.2. The SMILES string of the molecule is O=C1COc2ccc(C3Cc4cc(C5(c6cc7c(nn6)OCCO7)Oc6c(-c7cc8c(nn7)OCCS8)ncc(-c7cc8c(cn7)OCCO8)c6S5)ncc4O3)nc2N1. The number of ether oxygens (including phenoxy) is 8. The van der Waals surface area contributed by atoms with Gasteiger partial charge in [0.05, 0.1) is 40.2 Å². The number of amides is 1. The number of nitrogens with zero attached hydrogens (tertiary/aromatic N) is 8. The monoisotopic (exact) mass is 829 g/mol. The quantitative estimate of drug-likeness (QED) is 0.252. The van der Waals surface area contributed by atoms with Crippen LogP contribution in [0.2, 0.25) is 0 Å². The molecule has 59 heavy (non-hydrogen) atoms. The summed E-state index contributed by atoms with van der Waals surface area (Å²) in [6, 6.07) is 11.1. The number of carbonyl (C=O) groups excluding carboxylic acids is 1. The maximum Gasteiger partial charge on any atom is 0.276 e. The van der Waals surface area contributed by atoms with Crippen LogP contribution in [0.15, 0.2) is 64.8 Å². The maximum atomic E-state index is 12.0. The molecule has 20 heteroatoms. The third-order valence-corrected chi connectivity index (χ3v) is 12.5. The van der Waals surface area contributed by atoms with Gasteiger partial charge in [0, 0.05) is 41.6 Å². The summed E-state index contributed by atoms with van der Waals surface area (Å²) in [5.74, 6) is 4.65. The zero-order chi connectivity index (χ0) is 39.1. The van der Waals surface area contributed by atoms with Gasteiger partial charge >= 0.3 is 0 Å². The zero-order valence-corrected chi connectivity index (χ0v) is 32.1. The fraction of sp³-hybridized carbons (Fsp3) is 0.256. The standard InChI is InChI=1S/C39H27N9O9S2/c49-32-17-55-23-2-1-20(43-36(23)44-32)24-9-18-10-30(41-15-27(18)56-24)39(31-13-26-37(47-46-31)53-6-5-51-26)57-34-33(22-12-29-38(48-45-22)54-7-8-58-29)42-14-19(35(34)59-39)21-11-25-28(16-40-21)52-4-3-50-25/h1-2,10-16,24H,3-9,17H2,(H,43,44,49). The van der Waals surface area contributed by atoms with Crippen LogP contribution < -0.4 is 43.2 Å². The summed E-state index contributed by atoms with van der Waals surface area (Å²) in [5.41, 5.74) is 4.56. The Balaban J connectivity index is 1.000. The summed E-state index contributed by atoms with van der Waals surface area (Å²) in [7, 11) is 0. The number of pyridine rings is 4. The molecule has 2 unspecified atom stereocenters. The van der Waals surface area contributed by atoms with Crippen molar-refractivity contribution in [1.29, 1.82) is 0 Å². The molecular weight excluding hydrogens is 803 g/mol. The molecule has 0 spiro atoms. The number of hydrogen-bond donors (Lipinski definition) is 1. The molecule has 6 aromatic heterocycles. The molecule has 0 aliphatic carbocycles. The summed E-state index contributed by atoms with van der Waals surface area (Å²) < 4.78 is 48.4. The lowest BCUT2D eigenvalue weighted by Crippen LogP contribution is -2.31. The van der Waals surface area contributed by atoms with E-state index in [0.29, 0.717) is 130 Å². The van der Waals surface area contributed by atoms with Gasteiger partial charge in [0.2, 0.25) is 10.8 Å². The van der Waals surface area contributed by atoms with E-state index < -0.39 is 11.0 Å². The average Bonchev–Trinajstić information content (AvgIpc) is 3.91. The van der Waals surface area contributed by atoms with Crippen molar-refractivity contribution in [2.45, 2.75) is 27.2 Å². The molecule has 0 saturated carbocycles. The number of rotatable bonds is 5. The van der Waals surface area contributed by atoms with E-state index in [0.717, 1.165) is 16.2 Å². The van der Waals surface area contributed by atoms with E-state index in [9.17, 15) is 4.79 Å². The summed E-state index contributed by atoms with van der Waals surface area (Å²) in [5, 5.41) is 20.8. The summed E-state index contributed by atoms with van der Waals surface area (Å²) in [4.78, 5) is 31.5. The number of thioether (sulfide) groups is 2. The molecule has 6 aliphatic rings. The Hall–Kier alpha value is -6.67. The second kappa shape index (κ2) is 13.4. The fourth-order valence-electron chi connectivity index (χ4n) is 7.42. The minimum absolute atomic E-state index is 0.0612. The van der Waals surface area contributed by atoms with Gasteiger partial charge in [0.25, 0.3) is 11.8 Å². The van der Waals surface area contributed by atoms with Crippen LogP contribution >= 0.6 is 23.5 Å². The number of aromatic nitrogens is 8. The molecular formula is C39H27N9O9S2. The highest BCUT2D eigenvalue weighted by Gasteiger charge is 2.51. The molecule has 1 amide bonds. The molecule has 0 fully saturated rings. The van der Waals surface area contributed by atoms with Crippen molar-refractivity contribution < 1.29 is 42.7 Å². The maximum absolute atomic E-state index is 12.0. The van der Waals surface area contributed by atoms with Gasteiger partial charge in [0.15, 0.2) is 41.2 Å². The predicted octanol–water partition coefficient (Wildman–Crippen LogP) is 4.60. The van der Waals surface area contributed by atoms with E-state index in [-0.39, 0.29) is 18.4 Å². The smallest absolute Gasteiger partial charge is 0.276 e. The molecule has 6 aromatic rings.